The number of thioether (sulfide) groups is 2. The zero-order chi connectivity index (χ0) is 20.5. The fourth-order valence-electron chi connectivity index (χ4n) is 3.49. The SMILES string of the molecule is CCCN1C(=O)C(=Cc2c(N3CCSCC3)nc3c(C)cccn3c2=O)SC1=S. The zero-order valence-corrected chi connectivity index (χ0v) is 18.8. The first-order valence-corrected chi connectivity index (χ1v) is 12.0. The van der Waals surface area contributed by atoms with Crippen LogP contribution in [0.2, 0.25) is 0 Å². The topological polar surface area (TPSA) is 57.9 Å². The third-order valence-corrected chi connectivity index (χ3v) is 7.29. The minimum absolute atomic E-state index is 0.129. The van der Waals surface area contributed by atoms with Crippen molar-refractivity contribution in [1.29, 1.82) is 0 Å². The number of carbonyl (C=O) groups excluding carboxylic acids is 1. The molecule has 2 fully saturated rings. The predicted octanol–water partition coefficient (Wildman–Crippen LogP) is 3.17. The van der Waals surface area contributed by atoms with Crippen molar-refractivity contribution < 1.29 is 4.79 Å². The molecule has 6 nitrogen and oxygen atoms in total. The Morgan fingerprint density at radius 1 is 1.28 bits per heavy atom. The van der Waals surface area contributed by atoms with Gasteiger partial charge >= 0.3 is 0 Å². The number of carbonyl (C=O) groups is 1. The number of anilines is 1. The van der Waals surface area contributed by atoms with E-state index in [9.17, 15) is 9.59 Å². The molecule has 152 valence electrons. The summed E-state index contributed by atoms with van der Waals surface area (Å²) in [6.07, 6.45) is 4.25. The van der Waals surface area contributed by atoms with Gasteiger partial charge in [-0.1, -0.05) is 37.0 Å². The largest absolute Gasteiger partial charge is 0.354 e. The molecule has 1 amide bonds. The number of hydrogen-bond donors (Lipinski definition) is 0. The maximum atomic E-state index is 13.4. The Balaban J connectivity index is 1.88. The molecule has 2 aliphatic heterocycles. The van der Waals surface area contributed by atoms with Crippen molar-refractivity contribution in [1.82, 2.24) is 14.3 Å². The molecular formula is C20H22N4O2S3. The molecule has 0 spiro atoms. The Hall–Kier alpha value is -1.84. The minimum Gasteiger partial charge on any atom is -0.354 e. The highest BCUT2D eigenvalue weighted by Crippen LogP contribution is 2.34. The Kier molecular flexibility index (Phi) is 5.98. The van der Waals surface area contributed by atoms with E-state index in [2.05, 4.69) is 4.90 Å². The van der Waals surface area contributed by atoms with Crippen molar-refractivity contribution in [3.05, 3.63) is 44.7 Å². The summed E-state index contributed by atoms with van der Waals surface area (Å²) in [7, 11) is 0. The lowest BCUT2D eigenvalue weighted by Crippen LogP contribution is -2.36. The van der Waals surface area contributed by atoms with Crippen LogP contribution in [-0.4, -0.2) is 55.7 Å². The van der Waals surface area contributed by atoms with Crippen LogP contribution >= 0.6 is 35.7 Å². The lowest BCUT2D eigenvalue weighted by atomic mass is 10.2. The summed E-state index contributed by atoms with van der Waals surface area (Å²) in [5, 5.41) is 0. The summed E-state index contributed by atoms with van der Waals surface area (Å²) in [5.41, 5.74) is 1.89. The highest BCUT2D eigenvalue weighted by molar-refractivity contribution is 8.26. The van der Waals surface area contributed by atoms with Gasteiger partial charge in [0, 0.05) is 37.3 Å². The van der Waals surface area contributed by atoms with Crippen molar-refractivity contribution in [3.8, 4) is 0 Å². The van der Waals surface area contributed by atoms with Crippen LogP contribution in [-0.2, 0) is 4.79 Å². The average Bonchev–Trinajstić information content (AvgIpc) is 2.99. The van der Waals surface area contributed by atoms with Crippen LogP contribution in [0.15, 0.2) is 28.0 Å². The molecule has 0 N–H and O–H groups in total. The van der Waals surface area contributed by atoms with Crippen LogP contribution in [0.4, 0.5) is 5.82 Å². The fourth-order valence-corrected chi connectivity index (χ4v) is 5.68. The van der Waals surface area contributed by atoms with Crippen molar-refractivity contribution in [2.24, 2.45) is 0 Å². The van der Waals surface area contributed by atoms with Gasteiger partial charge in [0.25, 0.3) is 11.5 Å². The lowest BCUT2D eigenvalue weighted by molar-refractivity contribution is -0.122. The van der Waals surface area contributed by atoms with E-state index in [1.165, 1.54) is 11.8 Å². The summed E-state index contributed by atoms with van der Waals surface area (Å²) in [4.78, 5) is 35.4. The molecule has 2 saturated heterocycles. The van der Waals surface area contributed by atoms with E-state index < -0.39 is 0 Å². The number of fused-ring (bicyclic) bond motifs is 1. The molecule has 9 heteroatoms. The summed E-state index contributed by atoms with van der Waals surface area (Å²) in [6, 6.07) is 3.79. The highest BCUT2D eigenvalue weighted by Gasteiger charge is 2.32. The Morgan fingerprint density at radius 3 is 2.76 bits per heavy atom. The molecule has 0 atom stereocenters. The van der Waals surface area contributed by atoms with E-state index in [1.807, 2.05) is 37.7 Å². The molecule has 0 unspecified atom stereocenters. The number of rotatable bonds is 4. The standard InChI is InChI=1S/C20H22N4O2S3/c1-3-6-24-19(26)15(29-20(24)27)12-14-17(22-8-10-28-11-9-22)21-16-13(2)5-4-7-23(16)18(14)25/h4-5,7,12H,3,6,8-11H2,1-2H3. The number of pyridine rings is 1. The van der Waals surface area contributed by atoms with E-state index in [0.717, 1.165) is 36.6 Å². The smallest absolute Gasteiger partial charge is 0.267 e. The van der Waals surface area contributed by atoms with Gasteiger partial charge in [0.1, 0.15) is 15.8 Å². The molecule has 4 heterocycles. The number of nitrogens with zero attached hydrogens (tertiary/aromatic N) is 4. The number of amides is 1. The summed E-state index contributed by atoms with van der Waals surface area (Å²) < 4.78 is 2.11. The third kappa shape index (κ3) is 3.83. The first-order valence-electron chi connectivity index (χ1n) is 9.61. The molecule has 2 aromatic heterocycles. The second kappa shape index (κ2) is 8.49. The van der Waals surface area contributed by atoms with Gasteiger partial charge < -0.3 is 4.90 Å². The number of aromatic nitrogens is 2. The Labute approximate surface area is 183 Å². The summed E-state index contributed by atoms with van der Waals surface area (Å²) in [5.74, 6) is 2.51. The van der Waals surface area contributed by atoms with E-state index in [1.54, 1.807) is 21.6 Å². The molecular weight excluding hydrogens is 424 g/mol. The van der Waals surface area contributed by atoms with E-state index in [4.69, 9.17) is 17.2 Å². The highest BCUT2D eigenvalue weighted by atomic mass is 32.2. The summed E-state index contributed by atoms with van der Waals surface area (Å²) >= 11 is 8.54. The Morgan fingerprint density at radius 2 is 2.03 bits per heavy atom. The molecule has 29 heavy (non-hydrogen) atoms. The number of aryl methyl sites for hydroxylation is 1. The third-order valence-electron chi connectivity index (χ3n) is 4.97. The van der Waals surface area contributed by atoms with Crippen LogP contribution in [0.25, 0.3) is 11.7 Å². The molecule has 0 aliphatic carbocycles. The quantitative estimate of drug-likeness (QED) is 0.528. The van der Waals surface area contributed by atoms with E-state index in [0.29, 0.717) is 32.8 Å². The van der Waals surface area contributed by atoms with Crippen LogP contribution in [0, 0.1) is 6.92 Å². The zero-order valence-electron chi connectivity index (χ0n) is 16.4. The van der Waals surface area contributed by atoms with Gasteiger partial charge in [0.15, 0.2) is 0 Å². The number of hydrogen-bond acceptors (Lipinski definition) is 7. The average molecular weight is 447 g/mol. The number of thiocarbonyl (C=S) groups is 1. The molecule has 0 radical (unpaired) electrons. The van der Waals surface area contributed by atoms with Crippen molar-refractivity contribution in [3.63, 3.8) is 0 Å². The molecule has 0 aromatic carbocycles. The van der Waals surface area contributed by atoms with Gasteiger partial charge in [-0.05, 0) is 31.1 Å². The van der Waals surface area contributed by atoms with Crippen LogP contribution in [0.3, 0.4) is 0 Å². The van der Waals surface area contributed by atoms with E-state index >= 15 is 0 Å². The van der Waals surface area contributed by atoms with Gasteiger partial charge in [-0.3, -0.25) is 18.9 Å². The second-order valence-corrected chi connectivity index (χ2v) is 9.87. The van der Waals surface area contributed by atoms with Gasteiger partial charge in [0.05, 0.1) is 10.5 Å². The van der Waals surface area contributed by atoms with Crippen LogP contribution in [0.5, 0.6) is 0 Å². The van der Waals surface area contributed by atoms with Crippen LogP contribution < -0.4 is 10.5 Å². The molecule has 2 aliphatic rings. The van der Waals surface area contributed by atoms with Crippen LogP contribution in [0.1, 0.15) is 24.5 Å². The molecule has 2 aromatic rings. The van der Waals surface area contributed by atoms with Gasteiger partial charge in [-0.15, -0.1) is 0 Å². The first kappa shape index (κ1) is 20.4. The maximum Gasteiger partial charge on any atom is 0.267 e. The van der Waals surface area contributed by atoms with Crippen molar-refractivity contribution in [2.45, 2.75) is 20.3 Å². The monoisotopic (exact) mass is 446 g/mol. The lowest BCUT2D eigenvalue weighted by Gasteiger charge is -2.28. The van der Waals surface area contributed by atoms with Crippen molar-refractivity contribution >= 4 is 63.5 Å². The predicted molar refractivity (Wildman–Crippen MR) is 126 cm³/mol. The molecule has 0 bridgehead atoms. The second-order valence-electron chi connectivity index (χ2n) is 6.97. The Bertz CT molecular complexity index is 1070. The van der Waals surface area contributed by atoms with Gasteiger partial charge in [0.2, 0.25) is 0 Å². The summed E-state index contributed by atoms with van der Waals surface area (Å²) in [6.45, 7) is 6.21. The normalized spacial score (nSPS) is 19.0. The fraction of sp³-hybridized carbons (Fsp3) is 0.400. The first-order chi connectivity index (χ1) is 14.0. The minimum atomic E-state index is -0.160. The molecule has 4 rings (SSSR count). The van der Waals surface area contributed by atoms with Gasteiger partial charge in [-0.2, -0.15) is 11.8 Å². The molecule has 0 saturated carbocycles. The van der Waals surface area contributed by atoms with Gasteiger partial charge in [-0.25, -0.2) is 4.98 Å². The van der Waals surface area contributed by atoms with E-state index in [-0.39, 0.29) is 11.5 Å². The maximum absolute atomic E-state index is 13.4. The van der Waals surface area contributed by atoms with Crippen molar-refractivity contribution in [2.75, 3.05) is 36.0 Å².